The Hall–Kier alpha value is -1.30. The Morgan fingerprint density at radius 1 is 1.12 bits per heavy atom. The lowest BCUT2D eigenvalue weighted by Gasteiger charge is -2.40. The van der Waals surface area contributed by atoms with Crippen LogP contribution in [0, 0.1) is 5.92 Å². The van der Waals surface area contributed by atoms with Crippen molar-refractivity contribution >= 4 is 0 Å². The van der Waals surface area contributed by atoms with Crippen molar-refractivity contribution in [2.24, 2.45) is 5.92 Å². The molecule has 134 valence electrons. The van der Waals surface area contributed by atoms with Crippen LogP contribution in [0.1, 0.15) is 24.8 Å². The van der Waals surface area contributed by atoms with E-state index in [0.717, 1.165) is 37.8 Å². The van der Waals surface area contributed by atoms with Crippen molar-refractivity contribution < 1.29 is 18.9 Å². The molecule has 2 fully saturated rings. The second-order valence-corrected chi connectivity index (χ2v) is 6.67. The number of morpholine rings is 1. The van der Waals surface area contributed by atoms with E-state index in [-0.39, 0.29) is 0 Å². The van der Waals surface area contributed by atoms with Crippen molar-refractivity contribution in [3.63, 3.8) is 0 Å². The summed E-state index contributed by atoms with van der Waals surface area (Å²) < 4.78 is 22.3. The van der Waals surface area contributed by atoms with Crippen LogP contribution in [-0.2, 0) is 16.0 Å². The molecule has 1 saturated heterocycles. The summed E-state index contributed by atoms with van der Waals surface area (Å²) in [7, 11) is 5.19. The minimum Gasteiger partial charge on any atom is -0.493 e. The van der Waals surface area contributed by atoms with E-state index in [1.54, 1.807) is 14.2 Å². The van der Waals surface area contributed by atoms with E-state index in [1.807, 2.05) is 13.2 Å². The van der Waals surface area contributed by atoms with Crippen molar-refractivity contribution in [2.75, 3.05) is 41.1 Å². The molecule has 0 bridgehead atoms. The molecule has 0 amide bonds. The first-order valence-corrected chi connectivity index (χ1v) is 8.82. The van der Waals surface area contributed by atoms with Gasteiger partial charge in [0, 0.05) is 32.2 Å². The van der Waals surface area contributed by atoms with Gasteiger partial charge < -0.3 is 18.9 Å². The van der Waals surface area contributed by atoms with Crippen LogP contribution in [0.4, 0.5) is 0 Å². The van der Waals surface area contributed by atoms with Gasteiger partial charge in [0.2, 0.25) is 0 Å². The SMILES string of the molecule is COc1ccc(CN2CCOC[C@@H]2[C@H]2CCC[C@@H]2OC)cc1OC. The average molecular weight is 335 g/mol. The molecule has 0 radical (unpaired) electrons. The molecule has 1 aromatic rings. The molecule has 0 spiro atoms. The second-order valence-electron chi connectivity index (χ2n) is 6.67. The van der Waals surface area contributed by atoms with E-state index in [4.69, 9.17) is 18.9 Å². The number of nitrogens with zero attached hydrogens (tertiary/aromatic N) is 1. The fourth-order valence-corrected chi connectivity index (χ4v) is 4.15. The molecule has 24 heavy (non-hydrogen) atoms. The fourth-order valence-electron chi connectivity index (χ4n) is 4.15. The molecule has 1 aliphatic heterocycles. The highest BCUT2D eigenvalue weighted by molar-refractivity contribution is 5.42. The summed E-state index contributed by atoms with van der Waals surface area (Å²) in [6.07, 6.45) is 4.02. The predicted molar refractivity (Wildman–Crippen MR) is 92.7 cm³/mol. The minimum atomic E-state index is 0.365. The third kappa shape index (κ3) is 3.68. The lowest BCUT2D eigenvalue weighted by molar-refractivity contribution is -0.0608. The van der Waals surface area contributed by atoms with Gasteiger partial charge >= 0.3 is 0 Å². The van der Waals surface area contributed by atoms with Gasteiger partial charge in [-0.05, 0) is 30.5 Å². The summed E-state index contributed by atoms with van der Waals surface area (Å²) in [6, 6.07) is 6.61. The molecule has 3 atom stereocenters. The zero-order valence-corrected chi connectivity index (χ0v) is 15.0. The van der Waals surface area contributed by atoms with E-state index in [9.17, 15) is 0 Å². The van der Waals surface area contributed by atoms with Gasteiger partial charge in [-0.25, -0.2) is 0 Å². The highest BCUT2D eigenvalue weighted by Gasteiger charge is 2.38. The van der Waals surface area contributed by atoms with E-state index in [1.165, 1.54) is 24.8 Å². The van der Waals surface area contributed by atoms with Crippen LogP contribution >= 0.6 is 0 Å². The summed E-state index contributed by atoms with van der Waals surface area (Å²) >= 11 is 0. The Labute approximate surface area is 144 Å². The standard InChI is InChI=1S/C19H29NO4/c1-21-17-6-4-5-15(17)16-13-24-10-9-20(16)12-14-7-8-18(22-2)19(11-14)23-3/h7-8,11,15-17H,4-6,9-10,12-13H2,1-3H3/t15-,16-,17+/m1/s1. The largest absolute Gasteiger partial charge is 0.493 e. The quantitative estimate of drug-likeness (QED) is 0.799. The third-order valence-electron chi connectivity index (χ3n) is 5.41. The number of rotatable bonds is 6. The number of methoxy groups -OCH3 is 3. The van der Waals surface area contributed by atoms with Crippen LogP contribution in [0.2, 0.25) is 0 Å². The molecule has 5 heteroatoms. The molecular weight excluding hydrogens is 306 g/mol. The van der Waals surface area contributed by atoms with E-state index in [0.29, 0.717) is 18.1 Å². The number of benzene rings is 1. The van der Waals surface area contributed by atoms with E-state index < -0.39 is 0 Å². The van der Waals surface area contributed by atoms with Crippen molar-refractivity contribution in [2.45, 2.75) is 38.0 Å². The van der Waals surface area contributed by atoms with Crippen LogP contribution in [0.3, 0.4) is 0 Å². The van der Waals surface area contributed by atoms with Gasteiger partial charge in [-0.1, -0.05) is 12.5 Å². The Balaban J connectivity index is 1.74. The highest BCUT2D eigenvalue weighted by Crippen LogP contribution is 2.35. The van der Waals surface area contributed by atoms with Gasteiger partial charge in [0.15, 0.2) is 11.5 Å². The molecule has 1 aromatic carbocycles. The molecular formula is C19H29NO4. The van der Waals surface area contributed by atoms with Gasteiger partial charge in [0.25, 0.3) is 0 Å². The molecule has 0 N–H and O–H groups in total. The zero-order chi connectivity index (χ0) is 16.9. The normalized spacial score (nSPS) is 28.0. The van der Waals surface area contributed by atoms with Crippen molar-refractivity contribution in [1.29, 1.82) is 0 Å². The topological polar surface area (TPSA) is 40.2 Å². The summed E-state index contributed by atoms with van der Waals surface area (Å²) in [5.74, 6) is 2.13. The summed E-state index contributed by atoms with van der Waals surface area (Å²) in [5, 5.41) is 0. The third-order valence-corrected chi connectivity index (χ3v) is 5.41. The maximum atomic E-state index is 5.79. The van der Waals surface area contributed by atoms with Crippen molar-refractivity contribution in [3.8, 4) is 11.5 Å². The van der Waals surface area contributed by atoms with Crippen LogP contribution in [0.25, 0.3) is 0 Å². The number of hydrogen-bond donors (Lipinski definition) is 0. The smallest absolute Gasteiger partial charge is 0.161 e. The van der Waals surface area contributed by atoms with Crippen LogP contribution in [-0.4, -0.2) is 58.1 Å². The van der Waals surface area contributed by atoms with Crippen LogP contribution in [0.5, 0.6) is 11.5 Å². The second kappa shape index (κ2) is 8.19. The predicted octanol–water partition coefficient (Wildman–Crippen LogP) is 2.72. The lowest BCUT2D eigenvalue weighted by atomic mass is 9.93. The van der Waals surface area contributed by atoms with Crippen LogP contribution < -0.4 is 9.47 Å². The molecule has 3 rings (SSSR count). The van der Waals surface area contributed by atoms with Gasteiger partial charge in [-0.15, -0.1) is 0 Å². The molecule has 0 aromatic heterocycles. The Morgan fingerprint density at radius 2 is 1.96 bits per heavy atom. The molecule has 1 saturated carbocycles. The van der Waals surface area contributed by atoms with Crippen molar-refractivity contribution in [3.05, 3.63) is 23.8 Å². The summed E-state index contributed by atoms with van der Waals surface area (Å²) in [5.41, 5.74) is 1.24. The van der Waals surface area contributed by atoms with Crippen molar-refractivity contribution in [1.82, 2.24) is 4.90 Å². The van der Waals surface area contributed by atoms with E-state index >= 15 is 0 Å². The van der Waals surface area contributed by atoms with Gasteiger partial charge in [0.05, 0.1) is 33.5 Å². The van der Waals surface area contributed by atoms with Gasteiger partial charge in [0.1, 0.15) is 0 Å². The average Bonchev–Trinajstić information content (AvgIpc) is 3.10. The Bertz CT molecular complexity index is 536. The first kappa shape index (κ1) is 17.5. The number of hydrogen-bond acceptors (Lipinski definition) is 5. The zero-order valence-electron chi connectivity index (χ0n) is 15.0. The molecule has 5 nitrogen and oxygen atoms in total. The molecule has 2 aliphatic rings. The van der Waals surface area contributed by atoms with Gasteiger partial charge in [-0.2, -0.15) is 0 Å². The Kier molecular flexibility index (Phi) is 5.98. The molecule has 0 unspecified atom stereocenters. The maximum Gasteiger partial charge on any atom is 0.161 e. The maximum absolute atomic E-state index is 5.79. The summed E-state index contributed by atoms with van der Waals surface area (Å²) in [4.78, 5) is 2.55. The molecule has 1 aliphatic carbocycles. The van der Waals surface area contributed by atoms with Gasteiger partial charge in [-0.3, -0.25) is 4.90 Å². The minimum absolute atomic E-state index is 0.365. The highest BCUT2D eigenvalue weighted by atomic mass is 16.5. The summed E-state index contributed by atoms with van der Waals surface area (Å²) in [6.45, 7) is 3.47. The first-order valence-electron chi connectivity index (χ1n) is 8.82. The van der Waals surface area contributed by atoms with E-state index in [2.05, 4.69) is 17.0 Å². The monoisotopic (exact) mass is 335 g/mol. The fraction of sp³-hybridized carbons (Fsp3) is 0.684. The first-order chi connectivity index (χ1) is 11.8. The molecule has 1 heterocycles. The lowest BCUT2D eigenvalue weighted by Crippen LogP contribution is -2.50. The Morgan fingerprint density at radius 3 is 2.71 bits per heavy atom. The van der Waals surface area contributed by atoms with Crippen LogP contribution in [0.15, 0.2) is 18.2 Å². The number of ether oxygens (including phenoxy) is 4.